The number of hydrogen-bond acceptors (Lipinski definition) is 2. The summed E-state index contributed by atoms with van der Waals surface area (Å²) in [4.78, 5) is 0. The molecular formula is C10H13BrO2. The molecule has 0 heterocycles. The smallest absolute Gasteiger partial charge is 0.0814 e. The Hall–Kier alpha value is -0.380. The van der Waals surface area contributed by atoms with E-state index in [2.05, 4.69) is 15.9 Å². The van der Waals surface area contributed by atoms with Crippen molar-refractivity contribution in [1.29, 1.82) is 0 Å². The first-order chi connectivity index (χ1) is 6.16. The molecule has 0 aliphatic heterocycles. The van der Waals surface area contributed by atoms with Crippen molar-refractivity contribution in [3.8, 4) is 0 Å². The summed E-state index contributed by atoms with van der Waals surface area (Å²) >= 11 is 3.39. The van der Waals surface area contributed by atoms with Crippen LogP contribution >= 0.6 is 15.9 Å². The number of rotatable bonds is 3. The van der Waals surface area contributed by atoms with E-state index in [1.165, 1.54) is 0 Å². The van der Waals surface area contributed by atoms with E-state index in [-0.39, 0.29) is 6.61 Å². The molecule has 0 radical (unpaired) electrons. The summed E-state index contributed by atoms with van der Waals surface area (Å²) in [5.41, 5.74) is 1.91. The second-order valence-electron chi connectivity index (χ2n) is 2.98. The molecule has 0 amide bonds. The molecule has 0 aliphatic rings. The second kappa shape index (κ2) is 4.74. The predicted molar refractivity (Wildman–Crippen MR) is 55.5 cm³/mol. The van der Waals surface area contributed by atoms with Crippen LogP contribution < -0.4 is 0 Å². The standard InChI is InChI=1S/C10H13BrO2/c1-7-8(10(13)5-6-12)3-2-4-9(7)11/h2-4,10,12-13H,5-6H2,1H3. The van der Waals surface area contributed by atoms with Gasteiger partial charge in [0.2, 0.25) is 0 Å². The molecule has 0 bridgehead atoms. The van der Waals surface area contributed by atoms with Crippen LogP contribution in [0.1, 0.15) is 23.7 Å². The van der Waals surface area contributed by atoms with Gasteiger partial charge in [-0.1, -0.05) is 28.1 Å². The van der Waals surface area contributed by atoms with Crippen molar-refractivity contribution in [3.63, 3.8) is 0 Å². The fourth-order valence-electron chi connectivity index (χ4n) is 1.26. The van der Waals surface area contributed by atoms with Gasteiger partial charge in [-0.3, -0.25) is 0 Å². The highest BCUT2D eigenvalue weighted by Gasteiger charge is 2.10. The monoisotopic (exact) mass is 244 g/mol. The van der Waals surface area contributed by atoms with Gasteiger partial charge in [-0.05, 0) is 24.1 Å². The lowest BCUT2D eigenvalue weighted by Crippen LogP contribution is -2.02. The molecule has 1 aromatic carbocycles. The highest BCUT2D eigenvalue weighted by Crippen LogP contribution is 2.25. The van der Waals surface area contributed by atoms with Crippen LogP contribution in [0.15, 0.2) is 22.7 Å². The van der Waals surface area contributed by atoms with Crippen LogP contribution in [0.4, 0.5) is 0 Å². The third kappa shape index (κ3) is 2.53. The van der Waals surface area contributed by atoms with Gasteiger partial charge in [0.25, 0.3) is 0 Å². The second-order valence-corrected chi connectivity index (χ2v) is 3.84. The van der Waals surface area contributed by atoms with Crippen LogP contribution in [0.2, 0.25) is 0 Å². The molecule has 0 aliphatic carbocycles. The molecular weight excluding hydrogens is 232 g/mol. The minimum atomic E-state index is -0.567. The fourth-order valence-corrected chi connectivity index (χ4v) is 1.64. The molecule has 1 atom stereocenters. The summed E-state index contributed by atoms with van der Waals surface area (Å²) in [6.07, 6.45) is -0.181. The Bertz CT molecular complexity index is 286. The number of benzene rings is 1. The highest BCUT2D eigenvalue weighted by atomic mass is 79.9. The van der Waals surface area contributed by atoms with E-state index in [0.717, 1.165) is 15.6 Å². The van der Waals surface area contributed by atoms with Crippen molar-refractivity contribution in [3.05, 3.63) is 33.8 Å². The van der Waals surface area contributed by atoms with Gasteiger partial charge in [0.15, 0.2) is 0 Å². The lowest BCUT2D eigenvalue weighted by atomic mass is 10.0. The maximum atomic E-state index is 9.64. The third-order valence-electron chi connectivity index (χ3n) is 2.07. The molecule has 1 rings (SSSR count). The molecule has 0 saturated carbocycles. The Kier molecular flexibility index (Phi) is 3.90. The van der Waals surface area contributed by atoms with Crippen molar-refractivity contribution < 1.29 is 10.2 Å². The van der Waals surface area contributed by atoms with Crippen LogP contribution in [0.25, 0.3) is 0 Å². The maximum absolute atomic E-state index is 9.64. The zero-order chi connectivity index (χ0) is 9.84. The molecule has 0 aromatic heterocycles. The molecule has 0 spiro atoms. The summed E-state index contributed by atoms with van der Waals surface area (Å²) in [5.74, 6) is 0. The lowest BCUT2D eigenvalue weighted by molar-refractivity contribution is 0.134. The van der Waals surface area contributed by atoms with Gasteiger partial charge < -0.3 is 10.2 Å². The van der Waals surface area contributed by atoms with E-state index in [4.69, 9.17) is 5.11 Å². The van der Waals surface area contributed by atoms with E-state index in [9.17, 15) is 5.11 Å². The fraction of sp³-hybridized carbons (Fsp3) is 0.400. The van der Waals surface area contributed by atoms with Crippen molar-refractivity contribution in [2.75, 3.05) is 6.61 Å². The summed E-state index contributed by atoms with van der Waals surface area (Å²) in [6, 6.07) is 5.69. The van der Waals surface area contributed by atoms with E-state index in [1.807, 2.05) is 25.1 Å². The largest absolute Gasteiger partial charge is 0.396 e. The summed E-state index contributed by atoms with van der Waals surface area (Å²) < 4.78 is 0.988. The molecule has 72 valence electrons. The summed E-state index contributed by atoms with van der Waals surface area (Å²) in [7, 11) is 0. The van der Waals surface area contributed by atoms with Crippen LogP contribution in [-0.4, -0.2) is 16.8 Å². The maximum Gasteiger partial charge on any atom is 0.0814 e. The summed E-state index contributed by atoms with van der Waals surface area (Å²) in [5, 5.41) is 18.3. The average molecular weight is 245 g/mol. The molecule has 1 unspecified atom stereocenters. The van der Waals surface area contributed by atoms with Crippen molar-refractivity contribution >= 4 is 15.9 Å². The number of aliphatic hydroxyl groups excluding tert-OH is 2. The zero-order valence-corrected chi connectivity index (χ0v) is 9.08. The van der Waals surface area contributed by atoms with E-state index >= 15 is 0 Å². The van der Waals surface area contributed by atoms with E-state index < -0.39 is 6.10 Å². The Morgan fingerprint density at radius 2 is 2.15 bits per heavy atom. The van der Waals surface area contributed by atoms with Crippen molar-refractivity contribution in [2.45, 2.75) is 19.4 Å². The first-order valence-corrected chi connectivity index (χ1v) is 5.00. The molecule has 3 heteroatoms. The Balaban J connectivity index is 2.93. The van der Waals surface area contributed by atoms with Gasteiger partial charge in [-0.15, -0.1) is 0 Å². The lowest BCUT2D eigenvalue weighted by Gasteiger charge is -2.13. The van der Waals surface area contributed by atoms with Gasteiger partial charge in [-0.25, -0.2) is 0 Å². The Morgan fingerprint density at radius 1 is 1.46 bits per heavy atom. The number of aliphatic hydroxyl groups is 2. The molecule has 2 nitrogen and oxygen atoms in total. The average Bonchev–Trinajstić information content (AvgIpc) is 2.10. The quantitative estimate of drug-likeness (QED) is 0.856. The molecule has 1 aromatic rings. The predicted octanol–water partition coefficient (Wildman–Crippen LogP) is 2.17. The first-order valence-electron chi connectivity index (χ1n) is 4.20. The van der Waals surface area contributed by atoms with Crippen molar-refractivity contribution in [1.82, 2.24) is 0 Å². The molecule has 0 fully saturated rings. The zero-order valence-electron chi connectivity index (χ0n) is 7.50. The van der Waals surface area contributed by atoms with E-state index in [1.54, 1.807) is 0 Å². The van der Waals surface area contributed by atoms with Crippen LogP contribution in [-0.2, 0) is 0 Å². The Labute approximate surface area is 86.3 Å². The van der Waals surface area contributed by atoms with Crippen LogP contribution in [0.3, 0.4) is 0 Å². The molecule has 2 N–H and O–H groups in total. The normalized spacial score (nSPS) is 12.9. The van der Waals surface area contributed by atoms with Gasteiger partial charge in [-0.2, -0.15) is 0 Å². The van der Waals surface area contributed by atoms with Gasteiger partial charge in [0.05, 0.1) is 6.10 Å². The first kappa shape index (κ1) is 10.7. The van der Waals surface area contributed by atoms with Gasteiger partial charge in [0, 0.05) is 17.5 Å². The highest BCUT2D eigenvalue weighted by molar-refractivity contribution is 9.10. The molecule has 13 heavy (non-hydrogen) atoms. The van der Waals surface area contributed by atoms with Crippen LogP contribution in [0.5, 0.6) is 0 Å². The van der Waals surface area contributed by atoms with Crippen LogP contribution in [0, 0.1) is 6.92 Å². The summed E-state index contributed by atoms with van der Waals surface area (Å²) in [6.45, 7) is 1.95. The molecule has 0 saturated heterocycles. The topological polar surface area (TPSA) is 40.5 Å². The van der Waals surface area contributed by atoms with E-state index in [0.29, 0.717) is 6.42 Å². The van der Waals surface area contributed by atoms with Gasteiger partial charge >= 0.3 is 0 Å². The third-order valence-corrected chi connectivity index (χ3v) is 2.93. The minimum Gasteiger partial charge on any atom is -0.396 e. The minimum absolute atomic E-state index is 0.00706. The number of halogens is 1. The SMILES string of the molecule is Cc1c(Br)cccc1C(O)CCO. The number of hydrogen-bond donors (Lipinski definition) is 2. The van der Waals surface area contributed by atoms with Crippen molar-refractivity contribution in [2.24, 2.45) is 0 Å². The van der Waals surface area contributed by atoms with Gasteiger partial charge in [0.1, 0.15) is 0 Å². The Morgan fingerprint density at radius 3 is 2.77 bits per heavy atom.